The molecule has 0 aliphatic rings. The summed E-state index contributed by atoms with van der Waals surface area (Å²) in [4.78, 5) is 0. The average molecular weight is 279 g/mol. The van der Waals surface area contributed by atoms with E-state index >= 15 is 0 Å². The minimum Gasteiger partial charge on any atom is -0.0841 e. The monoisotopic (exact) mass is 278 g/mol. The lowest BCUT2D eigenvalue weighted by Crippen LogP contribution is -1.75. The molecule has 0 radical (unpaired) electrons. The van der Waals surface area contributed by atoms with Gasteiger partial charge in [0.15, 0.2) is 0 Å². The van der Waals surface area contributed by atoms with Gasteiger partial charge in [0.25, 0.3) is 0 Å². The van der Waals surface area contributed by atoms with Crippen molar-refractivity contribution in [2.24, 2.45) is 0 Å². The minimum atomic E-state index is 0. The van der Waals surface area contributed by atoms with Crippen molar-refractivity contribution in [1.82, 2.24) is 0 Å². The first-order chi connectivity index (χ1) is 8.59. The molecule has 0 bridgehead atoms. The first-order valence-electron chi connectivity index (χ1n) is 6.34. The van der Waals surface area contributed by atoms with Crippen molar-refractivity contribution in [3.63, 3.8) is 0 Å². The van der Waals surface area contributed by atoms with Crippen molar-refractivity contribution in [3.8, 4) is 0 Å². The predicted octanol–water partition coefficient (Wildman–Crippen LogP) is 6.61. The van der Waals surface area contributed by atoms with E-state index in [1.807, 2.05) is 51.1 Å². The molecule has 1 heteroatoms. The highest BCUT2D eigenvalue weighted by Crippen LogP contribution is 2.14. The number of hydrogen-bond donors (Lipinski definition) is 0. The maximum absolute atomic E-state index is 5.78. The second-order valence-corrected chi connectivity index (χ2v) is 4.31. The fourth-order valence-electron chi connectivity index (χ4n) is 1.33. The lowest BCUT2D eigenvalue weighted by atomic mass is 10.2. The van der Waals surface area contributed by atoms with Crippen molar-refractivity contribution in [2.45, 2.75) is 42.0 Å². The minimum absolute atomic E-state index is 0. The zero-order valence-electron chi connectivity index (χ0n) is 12.0. The van der Waals surface area contributed by atoms with Gasteiger partial charge in [-0.2, -0.15) is 0 Å². The Labute approximate surface area is 124 Å². The van der Waals surface area contributed by atoms with Gasteiger partial charge in [0, 0.05) is 5.02 Å². The highest BCUT2D eigenvalue weighted by atomic mass is 35.5. The maximum Gasteiger partial charge on any atom is 0.0435 e. The second-order valence-electron chi connectivity index (χ2n) is 3.91. The Balaban J connectivity index is 0. The fourth-order valence-corrected chi connectivity index (χ4v) is 1.45. The fraction of sp³-hybridized carbons (Fsp3) is 0.333. The van der Waals surface area contributed by atoms with Gasteiger partial charge in [0.05, 0.1) is 0 Å². The first-order valence-corrected chi connectivity index (χ1v) is 6.72. The molecular weight excluding hydrogens is 252 g/mol. The molecule has 0 saturated heterocycles. The SMILES string of the molecule is C.CC.Cc1ccc(Cl)c(C)c1.Cc1ccccc1. The molecule has 106 valence electrons. The van der Waals surface area contributed by atoms with Gasteiger partial charge >= 0.3 is 0 Å². The molecule has 2 aromatic carbocycles. The Morgan fingerprint density at radius 2 is 1.26 bits per heavy atom. The number of aryl methyl sites for hydroxylation is 3. The van der Waals surface area contributed by atoms with E-state index in [1.165, 1.54) is 11.1 Å². The van der Waals surface area contributed by atoms with Crippen LogP contribution in [0.1, 0.15) is 38.0 Å². The Morgan fingerprint density at radius 1 is 0.737 bits per heavy atom. The molecule has 0 aliphatic heterocycles. The number of rotatable bonds is 0. The third-order valence-corrected chi connectivity index (χ3v) is 2.68. The standard InChI is InChI=1S/C8H9Cl.C7H8.C2H6.CH4/c1-6-3-4-8(9)7(2)5-6;1-7-5-3-2-4-6-7;1-2;/h3-5H,1-2H3;2-6H,1H3;1-2H3;1H4. The highest BCUT2D eigenvalue weighted by Gasteiger charge is 1.91. The molecule has 0 aromatic heterocycles. The Hall–Kier alpha value is -1.27. The molecule has 0 unspecified atom stereocenters. The third-order valence-electron chi connectivity index (χ3n) is 2.25. The van der Waals surface area contributed by atoms with Crippen molar-refractivity contribution < 1.29 is 0 Å². The van der Waals surface area contributed by atoms with Crippen molar-refractivity contribution >= 4 is 11.6 Å². The van der Waals surface area contributed by atoms with Crippen LogP contribution in [-0.2, 0) is 0 Å². The first kappa shape index (κ1) is 20.1. The van der Waals surface area contributed by atoms with Crippen molar-refractivity contribution in [1.29, 1.82) is 0 Å². The van der Waals surface area contributed by atoms with Gasteiger partial charge in [-0.05, 0) is 32.4 Å². The molecule has 2 aromatic rings. The summed E-state index contributed by atoms with van der Waals surface area (Å²) in [6.07, 6.45) is 0. The molecule has 0 amide bonds. The molecule has 0 heterocycles. The van der Waals surface area contributed by atoms with Gasteiger partial charge in [0.1, 0.15) is 0 Å². The van der Waals surface area contributed by atoms with Crippen LogP contribution in [0.15, 0.2) is 48.5 Å². The molecule has 0 fully saturated rings. The summed E-state index contributed by atoms with van der Waals surface area (Å²) in [5.74, 6) is 0. The van der Waals surface area contributed by atoms with Crippen molar-refractivity contribution in [3.05, 3.63) is 70.2 Å². The molecule has 0 aliphatic carbocycles. The summed E-state index contributed by atoms with van der Waals surface area (Å²) < 4.78 is 0. The third kappa shape index (κ3) is 9.32. The maximum atomic E-state index is 5.78. The summed E-state index contributed by atoms with van der Waals surface area (Å²) in [6.45, 7) is 10.2. The number of hydrogen-bond acceptors (Lipinski definition) is 0. The summed E-state index contributed by atoms with van der Waals surface area (Å²) >= 11 is 5.78. The number of halogens is 1. The zero-order chi connectivity index (χ0) is 14.0. The van der Waals surface area contributed by atoms with Gasteiger partial charge < -0.3 is 0 Å². The van der Waals surface area contributed by atoms with E-state index in [1.54, 1.807) is 0 Å². The molecule has 0 atom stereocenters. The van der Waals surface area contributed by atoms with Crippen LogP contribution in [0.4, 0.5) is 0 Å². The Bertz CT molecular complexity index is 433. The van der Waals surface area contributed by atoms with Crippen molar-refractivity contribution in [2.75, 3.05) is 0 Å². The van der Waals surface area contributed by atoms with Gasteiger partial charge in [-0.1, -0.05) is 86.5 Å². The molecule has 19 heavy (non-hydrogen) atoms. The van der Waals surface area contributed by atoms with Crippen LogP contribution < -0.4 is 0 Å². The summed E-state index contributed by atoms with van der Waals surface area (Å²) in [6, 6.07) is 16.3. The molecular formula is C18H27Cl. The quantitative estimate of drug-likeness (QED) is 0.508. The molecule has 0 nitrogen and oxygen atoms in total. The summed E-state index contributed by atoms with van der Waals surface area (Å²) in [5.41, 5.74) is 3.73. The second kappa shape index (κ2) is 11.8. The highest BCUT2D eigenvalue weighted by molar-refractivity contribution is 6.31. The molecule has 0 N–H and O–H groups in total. The van der Waals surface area contributed by atoms with Crippen LogP contribution in [0.5, 0.6) is 0 Å². The van der Waals surface area contributed by atoms with Crippen LogP contribution in [0.25, 0.3) is 0 Å². The van der Waals surface area contributed by atoms with E-state index in [-0.39, 0.29) is 7.43 Å². The molecule has 0 saturated carbocycles. The van der Waals surface area contributed by atoms with E-state index in [0.29, 0.717) is 0 Å². The largest absolute Gasteiger partial charge is 0.0841 e. The van der Waals surface area contributed by atoms with E-state index in [4.69, 9.17) is 11.6 Å². The van der Waals surface area contributed by atoms with E-state index in [2.05, 4.69) is 32.0 Å². The van der Waals surface area contributed by atoms with Crippen LogP contribution in [-0.4, -0.2) is 0 Å². The van der Waals surface area contributed by atoms with E-state index in [0.717, 1.165) is 10.6 Å². The summed E-state index contributed by atoms with van der Waals surface area (Å²) in [7, 11) is 0. The lowest BCUT2D eigenvalue weighted by Gasteiger charge is -1.96. The Kier molecular flexibility index (Phi) is 12.5. The topological polar surface area (TPSA) is 0 Å². The number of benzene rings is 2. The molecule has 0 spiro atoms. The summed E-state index contributed by atoms with van der Waals surface area (Å²) in [5, 5.41) is 0.848. The van der Waals surface area contributed by atoms with Crippen LogP contribution in [0.3, 0.4) is 0 Å². The normalized spacial score (nSPS) is 8.11. The van der Waals surface area contributed by atoms with Crippen LogP contribution in [0, 0.1) is 20.8 Å². The van der Waals surface area contributed by atoms with Gasteiger partial charge in [0.2, 0.25) is 0 Å². The van der Waals surface area contributed by atoms with Gasteiger partial charge in [-0.15, -0.1) is 0 Å². The smallest absolute Gasteiger partial charge is 0.0435 e. The Morgan fingerprint density at radius 3 is 1.58 bits per heavy atom. The lowest BCUT2D eigenvalue weighted by molar-refractivity contribution is 1.39. The van der Waals surface area contributed by atoms with Gasteiger partial charge in [-0.25, -0.2) is 0 Å². The van der Waals surface area contributed by atoms with E-state index in [9.17, 15) is 0 Å². The van der Waals surface area contributed by atoms with Gasteiger partial charge in [-0.3, -0.25) is 0 Å². The predicted molar refractivity (Wildman–Crippen MR) is 90.2 cm³/mol. The average Bonchev–Trinajstić information content (AvgIpc) is 2.38. The van der Waals surface area contributed by atoms with Crippen LogP contribution >= 0.6 is 11.6 Å². The zero-order valence-corrected chi connectivity index (χ0v) is 12.8. The molecule has 2 rings (SSSR count). The van der Waals surface area contributed by atoms with E-state index < -0.39 is 0 Å². The van der Waals surface area contributed by atoms with Crippen LogP contribution in [0.2, 0.25) is 5.02 Å².